The minimum atomic E-state index is -0.203. The summed E-state index contributed by atoms with van der Waals surface area (Å²) in [5.74, 6) is -0.434. The van der Waals surface area contributed by atoms with Crippen LogP contribution < -0.4 is 0 Å². The molecule has 4 nitrogen and oxygen atoms in total. The SMILES string of the molecule is COC(=O)[C@@H]1CC[C@@H]2OC(=O)C[C@@H]21. The lowest BCUT2D eigenvalue weighted by Gasteiger charge is -2.12. The van der Waals surface area contributed by atoms with Crippen molar-refractivity contribution in [3.8, 4) is 0 Å². The van der Waals surface area contributed by atoms with E-state index in [0.29, 0.717) is 6.42 Å². The molecule has 1 saturated carbocycles. The predicted molar refractivity (Wildman–Crippen MR) is 42.7 cm³/mol. The quantitative estimate of drug-likeness (QED) is 0.557. The molecule has 0 unspecified atom stereocenters. The van der Waals surface area contributed by atoms with Crippen LogP contribution in [0.3, 0.4) is 0 Å². The Bertz CT molecular complexity index is 248. The van der Waals surface area contributed by atoms with Gasteiger partial charge in [-0.05, 0) is 12.8 Å². The molecule has 1 aliphatic carbocycles. The van der Waals surface area contributed by atoms with Gasteiger partial charge in [-0.15, -0.1) is 0 Å². The van der Waals surface area contributed by atoms with Crippen LogP contribution in [-0.4, -0.2) is 25.2 Å². The van der Waals surface area contributed by atoms with Gasteiger partial charge in [-0.2, -0.15) is 0 Å². The van der Waals surface area contributed by atoms with Crippen molar-refractivity contribution < 1.29 is 19.1 Å². The van der Waals surface area contributed by atoms with Crippen molar-refractivity contribution >= 4 is 11.9 Å². The Morgan fingerprint density at radius 3 is 3.00 bits per heavy atom. The van der Waals surface area contributed by atoms with Crippen LogP contribution in [-0.2, 0) is 19.1 Å². The number of esters is 2. The first kappa shape index (κ1) is 8.53. The standard InChI is InChI=1S/C9H12O4/c1-12-9(11)5-2-3-7-6(5)4-8(10)13-7/h5-7H,2-4H2,1H3/t5-,6-,7+/m1/s1. The van der Waals surface area contributed by atoms with Crippen LogP contribution in [0.4, 0.5) is 0 Å². The van der Waals surface area contributed by atoms with Gasteiger partial charge in [0.25, 0.3) is 0 Å². The number of hydrogen-bond donors (Lipinski definition) is 0. The average molecular weight is 184 g/mol. The number of hydrogen-bond acceptors (Lipinski definition) is 4. The van der Waals surface area contributed by atoms with Gasteiger partial charge in [0.1, 0.15) is 6.10 Å². The fourth-order valence-electron chi connectivity index (χ4n) is 2.30. The first-order valence-corrected chi connectivity index (χ1v) is 4.49. The van der Waals surface area contributed by atoms with E-state index in [2.05, 4.69) is 4.74 Å². The van der Waals surface area contributed by atoms with Gasteiger partial charge in [0.05, 0.1) is 19.4 Å². The van der Waals surface area contributed by atoms with Gasteiger partial charge in [0.15, 0.2) is 0 Å². The highest BCUT2D eigenvalue weighted by Crippen LogP contribution is 2.41. The first-order chi connectivity index (χ1) is 6.22. The fourth-order valence-corrected chi connectivity index (χ4v) is 2.30. The fraction of sp³-hybridized carbons (Fsp3) is 0.778. The minimum absolute atomic E-state index is 0.0309. The number of methoxy groups -OCH3 is 1. The van der Waals surface area contributed by atoms with Gasteiger partial charge in [0, 0.05) is 5.92 Å². The topological polar surface area (TPSA) is 52.6 Å². The summed E-state index contributed by atoms with van der Waals surface area (Å²) in [6, 6.07) is 0. The van der Waals surface area contributed by atoms with E-state index in [1.54, 1.807) is 0 Å². The van der Waals surface area contributed by atoms with E-state index in [1.807, 2.05) is 0 Å². The summed E-state index contributed by atoms with van der Waals surface area (Å²) in [7, 11) is 1.38. The van der Waals surface area contributed by atoms with Crippen LogP contribution in [0.2, 0.25) is 0 Å². The van der Waals surface area contributed by atoms with Gasteiger partial charge < -0.3 is 9.47 Å². The van der Waals surface area contributed by atoms with E-state index in [1.165, 1.54) is 7.11 Å². The summed E-state index contributed by atoms with van der Waals surface area (Å²) in [5, 5.41) is 0. The molecule has 1 aliphatic heterocycles. The van der Waals surface area contributed by atoms with Crippen molar-refractivity contribution in [3.05, 3.63) is 0 Å². The molecule has 4 heteroatoms. The van der Waals surface area contributed by atoms with Crippen LogP contribution in [0.1, 0.15) is 19.3 Å². The van der Waals surface area contributed by atoms with Gasteiger partial charge in [-0.1, -0.05) is 0 Å². The Morgan fingerprint density at radius 1 is 1.54 bits per heavy atom. The normalized spacial score (nSPS) is 37.0. The van der Waals surface area contributed by atoms with E-state index < -0.39 is 0 Å². The highest BCUT2D eigenvalue weighted by molar-refractivity contribution is 5.77. The highest BCUT2D eigenvalue weighted by atomic mass is 16.6. The summed E-state index contributed by atoms with van der Waals surface area (Å²) in [6.07, 6.45) is 1.94. The monoisotopic (exact) mass is 184 g/mol. The van der Waals surface area contributed by atoms with Gasteiger partial charge in [-0.3, -0.25) is 9.59 Å². The van der Waals surface area contributed by atoms with Crippen molar-refractivity contribution in [3.63, 3.8) is 0 Å². The zero-order valence-electron chi connectivity index (χ0n) is 7.49. The smallest absolute Gasteiger partial charge is 0.309 e. The average Bonchev–Trinajstić information content (AvgIpc) is 2.61. The summed E-state index contributed by atoms with van der Waals surface area (Å²) in [4.78, 5) is 22.2. The maximum absolute atomic E-state index is 11.3. The number of rotatable bonds is 1. The molecular weight excluding hydrogens is 172 g/mol. The Morgan fingerprint density at radius 2 is 2.31 bits per heavy atom. The number of carbonyl (C=O) groups is 2. The Labute approximate surface area is 76.2 Å². The van der Waals surface area contributed by atoms with E-state index >= 15 is 0 Å². The molecule has 2 rings (SSSR count). The maximum Gasteiger partial charge on any atom is 0.309 e. The molecule has 0 amide bonds. The van der Waals surface area contributed by atoms with Crippen molar-refractivity contribution in [2.24, 2.45) is 11.8 Å². The molecule has 13 heavy (non-hydrogen) atoms. The number of carbonyl (C=O) groups excluding carboxylic acids is 2. The summed E-state index contributed by atoms with van der Waals surface area (Å²) < 4.78 is 9.74. The third kappa shape index (κ3) is 1.30. The molecule has 0 aromatic heterocycles. The number of ether oxygens (including phenoxy) is 2. The zero-order chi connectivity index (χ0) is 9.42. The summed E-state index contributed by atoms with van der Waals surface area (Å²) >= 11 is 0. The van der Waals surface area contributed by atoms with Crippen LogP contribution in [0.15, 0.2) is 0 Å². The Hall–Kier alpha value is -1.06. The third-order valence-corrected chi connectivity index (χ3v) is 2.95. The van der Waals surface area contributed by atoms with Crippen LogP contribution in [0.25, 0.3) is 0 Å². The van der Waals surface area contributed by atoms with E-state index in [-0.39, 0.29) is 29.9 Å². The van der Waals surface area contributed by atoms with Crippen molar-refractivity contribution in [1.29, 1.82) is 0 Å². The molecule has 1 saturated heterocycles. The third-order valence-electron chi connectivity index (χ3n) is 2.95. The molecular formula is C9H12O4. The molecule has 0 aromatic rings. The Kier molecular flexibility index (Phi) is 1.98. The van der Waals surface area contributed by atoms with Crippen LogP contribution >= 0.6 is 0 Å². The largest absolute Gasteiger partial charge is 0.469 e. The minimum Gasteiger partial charge on any atom is -0.469 e. The molecule has 3 atom stereocenters. The maximum atomic E-state index is 11.3. The highest BCUT2D eigenvalue weighted by Gasteiger charge is 2.48. The molecule has 72 valence electrons. The number of fused-ring (bicyclic) bond motifs is 1. The second-order valence-electron chi connectivity index (χ2n) is 3.60. The summed E-state index contributed by atoms with van der Waals surface area (Å²) in [6.45, 7) is 0. The zero-order valence-corrected chi connectivity index (χ0v) is 7.49. The predicted octanol–water partition coefficient (Wildman–Crippen LogP) is 0.501. The summed E-state index contributed by atoms with van der Waals surface area (Å²) in [5.41, 5.74) is 0. The van der Waals surface area contributed by atoms with Crippen molar-refractivity contribution in [2.75, 3.05) is 7.11 Å². The first-order valence-electron chi connectivity index (χ1n) is 4.49. The molecule has 1 heterocycles. The molecule has 0 spiro atoms. The second-order valence-corrected chi connectivity index (χ2v) is 3.60. The van der Waals surface area contributed by atoms with E-state index in [4.69, 9.17) is 4.74 Å². The molecule has 0 aromatic carbocycles. The van der Waals surface area contributed by atoms with Crippen molar-refractivity contribution in [2.45, 2.75) is 25.4 Å². The molecule has 2 aliphatic rings. The lowest BCUT2D eigenvalue weighted by Crippen LogP contribution is -2.22. The van der Waals surface area contributed by atoms with E-state index in [0.717, 1.165) is 12.8 Å². The van der Waals surface area contributed by atoms with Gasteiger partial charge in [-0.25, -0.2) is 0 Å². The van der Waals surface area contributed by atoms with Crippen LogP contribution in [0.5, 0.6) is 0 Å². The van der Waals surface area contributed by atoms with Crippen LogP contribution in [0, 0.1) is 11.8 Å². The second kappa shape index (κ2) is 3.01. The molecule has 0 bridgehead atoms. The lowest BCUT2D eigenvalue weighted by molar-refractivity contribution is -0.146. The Balaban J connectivity index is 2.08. The van der Waals surface area contributed by atoms with E-state index in [9.17, 15) is 9.59 Å². The lowest BCUT2D eigenvalue weighted by atomic mass is 9.93. The van der Waals surface area contributed by atoms with Gasteiger partial charge in [0.2, 0.25) is 0 Å². The van der Waals surface area contributed by atoms with Crippen molar-refractivity contribution in [1.82, 2.24) is 0 Å². The molecule has 0 radical (unpaired) electrons. The molecule has 2 fully saturated rings. The van der Waals surface area contributed by atoms with Gasteiger partial charge >= 0.3 is 11.9 Å². The molecule has 0 N–H and O–H groups in total.